The van der Waals surface area contributed by atoms with Gasteiger partial charge in [-0.25, -0.2) is 0 Å². The number of nitrogens with two attached hydrogens (primary N) is 1. The molecule has 30 heavy (non-hydrogen) atoms. The van der Waals surface area contributed by atoms with Gasteiger partial charge in [0.2, 0.25) is 5.91 Å². The summed E-state index contributed by atoms with van der Waals surface area (Å²) < 4.78 is 11.4. The molecule has 0 fully saturated rings. The van der Waals surface area contributed by atoms with Crippen LogP contribution in [0.3, 0.4) is 0 Å². The molecule has 0 saturated carbocycles. The van der Waals surface area contributed by atoms with Crippen LogP contribution in [0.4, 0.5) is 11.4 Å². The molecule has 0 spiro atoms. The number of carbonyl (C=O) groups excluding carboxylic acids is 2. The number of carbonyl (C=O) groups is 2. The first kappa shape index (κ1) is 20.7. The van der Waals surface area contributed by atoms with Gasteiger partial charge < -0.3 is 25.8 Å². The Hall–Kier alpha value is -4.00. The number of nitrogens with one attached hydrogen (secondary N) is 2. The average molecular weight is 405 g/mol. The summed E-state index contributed by atoms with van der Waals surface area (Å²) in [5.41, 5.74) is 6.73. The molecule has 0 aliphatic carbocycles. The van der Waals surface area contributed by atoms with Crippen molar-refractivity contribution < 1.29 is 19.1 Å². The fraction of sp³-hybridized carbons (Fsp3) is 0.130. The van der Waals surface area contributed by atoms with Gasteiger partial charge in [0.25, 0.3) is 5.91 Å². The van der Waals surface area contributed by atoms with Crippen LogP contribution in [0.1, 0.15) is 10.4 Å². The zero-order chi connectivity index (χ0) is 21.2. The molecule has 0 aliphatic rings. The van der Waals surface area contributed by atoms with E-state index in [1.54, 1.807) is 42.5 Å². The fourth-order valence-corrected chi connectivity index (χ4v) is 2.75. The number of hydrogen-bond donors (Lipinski definition) is 3. The second-order valence-electron chi connectivity index (χ2n) is 6.32. The highest BCUT2D eigenvalue weighted by Crippen LogP contribution is 2.24. The monoisotopic (exact) mass is 405 g/mol. The zero-order valence-electron chi connectivity index (χ0n) is 16.3. The number of amides is 2. The highest BCUT2D eigenvalue weighted by molar-refractivity contribution is 6.00. The Morgan fingerprint density at radius 1 is 0.767 bits per heavy atom. The van der Waals surface area contributed by atoms with Crippen LogP contribution >= 0.6 is 0 Å². The lowest BCUT2D eigenvalue weighted by atomic mass is 10.1. The highest BCUT2D eigenvalue weighted by Gasteiger charge is 2.10. The summed E-state index contributed by atoms with van der Waals surface area (Å²) in [6.07, 6.45) is 0. The van der Waals surface area contributed by atoms with E-state index in [9.17, 15) is 9.59 Å². The minimum absolute atomic E-state index is 0.0320. The number of primary amides is 1. The van der Waals surface area contributed by atoms with Crippen LogP contribution in [0.2, 0.25) is 0 Å². The van der Waals surface area contributed by atoms with E-state index >= 15 is 0 Å². The molecular weight excluding hydrogens is 382 g/mol. The van der Waals surface area contributed by atoms with Crippen molar-refractivity contribution in [2.45, 2.75) is 0 Å². The fourth-order valence-electron chi connectivity index (χ4n) is 2.75. The minimum atomic E-state index is -0.560. The quantitative estimate of drug-likeness (QED) is 0.449. The van der Waals surface area contributed by atoms with Crippen molar-refractivity contribution in [3.8, 4) is 11.5 Å². The Morgan fingerprint density at radius 2 is 1.40 bits per heavy atom. The third kappa shape index (κ3) is 6.00. The Labute approximate surface area is 174 Å². The highest BCUT2D eigenvalue weighted by atomic mass is 16.5. The molecule has 4 N–H and O–H groups in total. The summed E-state index contributed by atoms with van der Waals surface area (Å²) in [6, 6.07) is 23.4. The molecule has 3 rings (SSSR count). The van der Waals surface area contributed by atoms with Gasteiger partial charge in [-0.1, -0.05) is 42.5 Å². The van der Waals surface area contributed by atoms with Gasteiger partial charge >= 0.3 is 0 Å². The first-order valence-electron chi connectivity index (χ1n) is 9.46. The van der Waals surface area contributed by atoms with Crippen LogP contribution in [0.15, 0.2) is 78.9 Å². The van der Waals surface area contributed by atoms with Crippen LogP contribution in [-0.2, 0) is 4.79 Å². The second kappa shape index (κ2) is 10.5. The van der Waals surface area contributed by atoms with Crippen molar-refractivity contribution in [3.63, 3.8) is 0 Å². The molecule has 0 radical (unpaired) electrons. The molecule has 3 aromatic carbocycles. The largest absolute Gasteiger partial charge is 0.490 e. The Kier molecular flexibility index (Phi) is 7.27. The van der Waals surface area contributed by atoms with Gasteiger partial charge in [-0.15, -0.1) is 0 Å². The molecule has 0 aliphatic heterocycles. The van der Waals surface area contributed by atoms with Gasteiger partial charge in [-0.2, -0.15) is 0 Å². The Bertz CT molecular complexity index is 993. The zero-order valence-corrected chi connectivity index (χ0v) is 16.3. The number of hydrogen-bond acceptors (Lipinski definition) is 5. The van der Waals surface area contributed by atoms with Crippen molar-refractivity contribution in [2.24, 2.45) is 5.73 Å². The van der Waals surface area contributed by atoms with Gasteiger partial charge in [0.05, 0.1) is 17.8 Å². The van der Waals surface area contributed by atoms with E-state index in [4.69, 9.17) is 15.2 Å². The number of rotatable bonds is 10. The van der Waals surface area contributed by atoms with E-state index in [-0.39, 0.29) is 12.5 Å². The molecule has 154 valence electrons. The van der Waals surface area contributed by atoms with Crippen LogP contribution < -0.4 is 25.8 Å². The third-order valence-corrected chi connectivity index (χ3v) is 4.15. The first-order valence-corrected chi connectivity index (χ1v) is 9.46. The lowest BCUT2D eigenvalue weighted by Crippen LogP contribution is -2.24. The van der Waals surface area contributed by atoms with Crippen LogP contribution in [-0.4, -0.2) is 31.6 Å². The van der Waals surface area contributed by atoms with Gasteiger partial charge in [0, 0.05) is 5.69 Å². The summed E-state index contributed by atoms with van der Waals surface area (Å²) in [6.45, 7) is 0.666. The molecule has 0 atom stereocenters. The predicted octanol–water partition coefficient (Wildman–Crippen LogP) is 3.29. The van der Waals surface area contributed by atoms with Gasteiger partial charge in [0.1, 0.15) is 24.7 Å². The predicted molar refractivity (Wildman–Crippen MR) is 116 cm³/mol. The van der Waals surface area contributed by atoms with Gasteiger partial charge in [-0.3, -0.25) is 9.59 Å². The SMILES string of the molecule is NC(=O)c1ccccc1NCC(=O)Nc1ccccc1OCCOc1ccccc1. The molecule has 7 nitrogen and oxygen atoms in total. The van der Waals surface area contributed by atoms with Crippen LogP contribution in [0.5, 0.6) is 11.5 Å². The lowest BCUT2D eigenvalue weighted by Gasteiger charge is -2.14. The third-order valence-electron chi connectivity index (χ3n) is 4.15. The van der Waals surface area contributed by atoms with E-state index in [0.717, 1.165) is 5.75 Å². The Morgan fingerprint density at radius 3 is 2.17 bits per heavy atom. The molecule has 2 amide bonds. The number of para-hydroxylation sites is 4. The Balaban J connectivity index is 1.51. The average Bonchev–Trinajstić information content (AvgIpc) is 2.77. The summed E-state index contributed by atoms with van der Waals surface area (Å²) in [5, 5.41) is 5.74. The van der Waals surface area contributed by atoms with Crippen molar-refractivity contribution in [1.29, 1.82) is 0 Å². The summed E-state index contributed by atoms with van der Waals surface area (Å²) >= 11 is 0. The normalized spacial score (nSPS) is 10.1. The molecule has 0 heterocycles. The molecular formula is C23H23N3O4. The maximum absolute atomic E-state index is 12.4. The topological polar surface area (TPSA) is 103 Å². The molecule has 0 aromatic heterocycles. The standard InChI is InChI=1S/C23H23N3O4/c24-23(28)18-10-4-5-11-19(18)25-16-22(27)26-20-12-6-7-13-21(20)30-15-14-29-17-8-2-1-3-9-17/h1-13,25H,14-16H2,(H2,24,28)(H,26,27). The van der Waals surface area contributed by atoms with Crippen molar-refractivity contribution >= 4 is 23.2 Å². The molecule has 0 unspecified atom stereocenters. The number of ether oxygens (including phenoxy) is 2. The summed E-state index contributed by atoms with van der Waals surface area (Å²) in [4.78, 5) is 23.8. The van der Waals surface area contributed by atoms with Crippen molar-refractivity contribution in [3.05, 3.63) is 84.4 Å². The maximum Gasteiger partial charge on any atom is 0.250 e. The van der Waals surface area contributed by atoms with E-state index < -0.39 is 5.91 Å². The molecule has 7 heteroatoms. The van der Waals surface area contributed by atoms with Gasteiger partial charge in [0.15, 0.2) is 0 Å². The van der Waals surface area contributed by atoms with E-state index in [1.807, 2.05) is 36.4 Å². The van der Waals surface area contributed by atoms with E-state index in [0.29, 0.717) is 35.9 Å². The van der Waals surface area contributed by atoms with Crippen LogP contribution in [0.25, 0.3) is 0 Å². The van der Waals surface area contributed by atoms with Crippen LogP contribution in [0, 0.1) is 0 Å². The smallest absolute Gasteiger partial charge is 0.250 e. The van der Waals surface area contributed by atoms with Crippen molar-refractivity contribution in [1.82, 2.24) is 0 Å². The minimum Gasteiger partial charge on any atom is -0.490 e. The first-order chi connectivity index (χ1) is 14.6. The summed E-state index contributed by atoms with van der Waals surface area (Å²) in [5.74, 6) is 0.464. The number of benzene rings is 3. The van der Waals surface area contributed by atoms with Crippen molar-refractivity contribution in [2.75, 3.05) is 30.4 Å². The second-order valence-corrected chi connectivity index (χ2v) is 6.32. The molecule has 3 aromatic rings. The number of anilines is 2. The molecule has 0 bridgehead atoms. The summed E-state index contributed by atoms with van der Waals surface area (Å²) in [7, 11) is 0. The lowest BCUT2D eigenvalue weighted by molar-refractivity contribution is -0.114. The van der Waals surface area contributed by atoms with E-state index in [2.05, 4.69) is 10.6 Å². The van der Waals surface area contributed by atoms with Gasteiger partial charge in [-0.05, 0) is 36.4 Å². The maximum atomic E-state index is 12.4. The van der Waals surface area contributed by atoms with E-state index in [1.165, 1.54) is 0 Å². The molecule has 0 saturated heterocycles.